The summed E-state index contributed by atoms with van der Waals surface area (Å²) in [5.41, 5.74) is 1.91. The van der Waals surface area contributed by atoms with Crippen LogP contribution in [-0.2, 0) is 0 Å². The van der Waals surface area contributed by atoms with E-state index in [1.54, 1.807) is 7.11 Å². The molecule has 0 bridgehead atoms. The molecule has 1 heterocycles. The lowest BCUT2D eigenvalue weighted by atomic mass is 9.89. The molecule has 0 aliphatic carbocycles. The molecular weight excluding hydrogens is 202 g/mol. The average Bonchev–Trinajstić information content (AvgIpc) is 2.33. The summed E-state index contributed by atoms with van der Waals surface area (Å²) in [5, 5.41) is 13.5. The van der Waals surface area contributed by atoms with E-state index in [1.807, 2.05) is 19.1 Å². The van der Waals surface area contributed by atoms with Crippen molar-refractivity contribution in [3.63, 3.8) is 0 Å². The summed E-state index contributed by atoms with van der Waals surface area (Å²) >= 11 is 0. The van der Waals surface area contributed by atoms with Crippen LogP contribution in [0, 0.1) is 6.92 Å². The van der Waals surface area contributed by atoms with E-state index < -0.39 is 0 Å². The van der Waals surface area contributed by atoms with Crippen molar-refractivity contribution >= 4 is 0 Å². The second-order valence-electron chi connectivity index (χ2n) is 4.43. The fourth-order valence-corrected chi connectivity index (χ4v) is 2.32. The molecule has 3 heteroatoms. The van der Waals surface area contributed by atoms with Crippen LogP contribution < -0.4 is 10.1 Å². The Kier molecular flexibility index (Phi) is 3.34. The molecule has 88 valence electrons. The molecule has 0 aromatic heterocycles. The molecule has 2 rings (SSSR count). The zero-order chi connectivity index (χ0) is 11.5. The number of ether oxygens (including phenoxy) is 1. The first-order valence-corrected chi connectivity index (χ1v) is 5.80. The lowest BCUT2D eigenvalue weighted by Gasteiger charge is -2.24. The minimum Gasteiger partial charge on any atom is -0.507 e. The van der Waals surface area contributed by atoms with Gasteiger partial charge in [-0.25, -0.2) is 0 Å². The van der Waals surface area contributed by atoms with Crippen LogP contribution in [0.5, 0.6) is 11.5 Å². The van der Waals surface area contributed by atoms with Crippen molar-refractivity contribution in [1.82, 2.24) is 5.32 Å². The van der Waals surface area contributed by atoms with Gasteiger partial charge < -0.3 is 15.2 Å². The topological polar surface area (TPSA) is 41.5 Å². The van der Waals surface area contributed by atoms with E-state index in [0.29, 0.717) is 11.7 Å². The Morgan fingerprint density at radius 3 is 2.88 bits per heavy atom. The number of phenolic OH excluding ortho intramolecular Hbond substituents is 1. The second kappa shape index (κ2) is 4.74. The Bertz CT molecular complexity index is 370. The molecule has 1 aromatic rings. The summed E-state index contributed by atoms with van der Waals surface area (Å²) in [6.07, 6.45) is 2.30. The number of hydrogen-bond acceptors (Lipinski definition) is 3. The highest BCUT2D eigenvalue weighted by Crippen LogP contribution is 2.35. The fourth-order valence-electron chi connectivity index (χ4n) is 2.32. The molecule has 1 fully saturated rings. The smallest absolute Gasteiger partial charge is 0.122 e. The lowest BCUT2D eigenvalue weighted by Crippen LogP contribution is -2.28. The minimum absolute atomic E-state index is 0.405. The molecule has 1 aliphatic heterocycles. The molecule has 16 heavy (non-hydrogen) atoms. The molecule has 0 spiro atoms. The monoisotopic (exact) mass is 221 g/mol. The zero-order valence-electron chi connectivity index (χ0n) is 9.92. The van der Waals surface area contributed by atoms with Crippen molar-refractivity contribution in [1.29, 1.82) is 0 Å². The molecule has 1 aliphatic rings. The maximum Gasteiger partial charge on any atom is 0.122 e. The van der Waals surface area contributed by atoms with Gasteiger partial charge in [-0.3, -0.25) is 0 Å². The summed E-state index contributed by atoms with van der Waals surface area (Å²) in [4.78, 5) is 0. The third kappa shape index (κ3) is 2.14. The van der Waals surface area contributed by atoms with Crippen LogP contribution in [0.15, 0.2) is 12.1 Å². The maximum absolute atomic E-state index is 10.1. The van der Waals surface area contributed by atoms with Crippen molar-refractivity contribution in [2.45, 2.75) is 25.7 Å². The van der Waals surface area contributed by atoms with E-state index in [4.69, 9.17) is 4.74 Å². The van der Waals surface area contributed by atoms with E-state index in [0.717, 1.165) is 36.4 Å². The summed E-state index contributed by atoms with van der Waals surface area (Å²) in [7, 11) is 1.66. The highest BCUT2D eigenvalue weighted by molar-refractivity contribution is 5.47. The summed E-state index contributed by atoms with van der Waals surface area (Å²) in [6, 6.07) is 3.83. The molecule has 1 saturated heterocycles. The third-order valence-corrected chi connectivity index (χ3v) is 3.28. The molecule has 0 saturated carbocycles. The van der Waals surface area contributed by atoms with Gasteiger partial charge in [0.2, 0.25) is 0 Å². The SMILES string of the molecule is COc1cc(C)c(O)c(C2CCCNC2)c1. The van der Waals surface area contributed by atoms with Crippen LogP contribution in [0.2, 0.25) is 0 Å². The van der Waals surface area contributed by atoms with Crippen LogP contribution >= 0.6 is 0 Å². The standard InChI is InChI=1S/C13H19NO2/c1-9-6-11(16-2)7-12(13(9)15)10-4-3-5-14-8-10/h6-7,10,14-15H,3-5,8H2,1-2H3. The van der Waals surface area contributed by atoms with Crippen molar-refractivity contribution in [2.75, 3.05) is 20.2 Å². The molecule has 2 N–H and O–H groups in total. The van der Waals surface area contributed by atoms with Crippen LogP contribution in [0.4, 0.5) is 0 Å². The van der Waals surface area contributed by atoms with Gasteiger partial charge >= 0.3 is 0 Å². The first-order chi connectivity index (χ1) is 7.72. The number of phenols is 1. The second-order valence-corrected chi connectivity index (χ2v) is 4.43. The van der Waals surface area contributed by atoms with Crippen molar-refractivity contribution in [3.8, 4) is 11.5 Å². The summed E-state index contributed by atoms with van der Waals surface area (Å²) in [6.45, 7) is 3.94. The molecule has 3 nitrogen and oxygen atoms in total. The Hall–Kier alpha value is -1.22. The normalized spacial score (nSPS) is 20.8. The highest BCUT2D eigenvalue weighted by atomic mass is 16.5. The Morgan fingerprint density at radius 1 is 1.44 bits per heavy atom. The predicted molar refractivity (Wildman–Crippen MR) is 64.2 cm³/mol. The van der Waals surface area contributed by atoms with Crippen LogP contribution in [-0.4, -0.2) is 25.3 Å². The van der Waals surface area contributed by atoms with Gasteiger partial charge in [-0.1, -0.05) is 0 Å². The van der Waals surface area contributed by atoms with Gasteiger partial charge in [-0.05, 0) is 44.0 Å². The van der Waals surface area contributed by atoms with Gasteiger partial charge in [0.1, 0.15) is 11.5 Å². The number of rotatable bonds is 2. The number of hydrogen-bond donors (Lipinski definition) is 2. The van der Waals surface area contributed by atoms with Crippen LogP contribution in [0.25, 0.3) is 0 Å². The van der Waals surface area contributed by atoms with E-state index in [-0.39, 0.29) is 0 Å². The Labute approximate surface area is 96.4 Å². The van der Waals surface area contributed by atoms with E-state index in [9.17, 15) is 5.11 Å². The molecular formula is C13H19NO2. The van der Waals surface area contributed by atoms with Gasteiger partial charge in [-0.2, -0.15) is 0 Å². The first kappa shape index (κ1) is 11.3. The third-order valence-electron chi connectivity index (χ3n) is 3.28. The largest absolute Gasteiger partial charge is 0.507 e. The Balaban J connectivity index is 2.33. The number of piperidine rings is 1. The minimum atomic E-state index is 0.405. The first-order valence-electron chi connectivity index (χ1n) is 5.80. The molecule has 0 radical (unpaired) electrons. The number of nitrogens with one attached hydrogen (secondary N) is 1. The van der Waals surface area contributed by atoms with Crippen molar-refractivity contribution in [2.24, 2.45) is 0 Å². The number of aryl methyl sites for hydroxylation is 1. The van der Waals surface area contributed by atoms with E-state index >= 15 is 0 Å². The molecule has 0 amide bonds. The summed E-state index contributed by atoms with van der Waals surface area (Å²) < 4.78 is 5.25. The molecule has 1 aromatic carbocycles. The Morgan fingerprint density at radius 2 is 2.25 bits per heavy atom. The van der Waals surface area contributed by atoms with Gasteiger partial charge in [-0.15, -0.1) is 0 Å². The summed E-state index contributed by atoms with van der Waals surface area (Å²) in [5.74, 6) is 1.66. The van der Waals surface area contributed by atoms with Gasteiger partial charge in [0.05, 0.1) is 7.11 Å². The quantitative estimate of drug-likeness (QED) is 0.804. The molecule has 1 atom stereocenters. The van der Waals surface area contributed by atoms with E-state index in [1.165, 1.54) is 6.42 Å². The molecule has 1 unspecified atom stereocenters. The van der Waals surface area contributed by atoms with Gasteiger partial charge in [0, 0.05) is 18.0 Å². The zero-order valence-corrected chi connectivity index (χ0v) is 9.92. The average molecular weight is 221 g/mol. The maximum atomic E-state index is 10.1. The van der Waals surface area contributed by atoms with E-state index in [2.05, 4.69) is 5.32 Å². The van der Waals surface area contributed by atoms with Gasteiger partial charge in [0.25, 0.3) is 0 Å². The van der Waals surface area contributed by atoms with Crippen LogP contribution in [0.1, 0.15) is 29.9 Å². The van der Waals surface area contributed by atoms with Crippen LogP contribution in [0.3, 0.4) is 0 Å². The number of aromatic hydroxyl groups is 1. The van der Waals surface area contributed by atoms with Gasteiger partial charge in [0.15, 0.2) is 0 Å². The number of benzene rings is 1. The van der Waals surface area contributed by atoms with Crippen molar-refractivity contribution < 1.29 is 9.84 Å². The number of methoxy groups -OCH3 is 1. The lowest BCUT2D eigenvalue weighted by molar-refractivity contribution is 0.400. The predicted octanol–water partition coefficient (Wildman–Crippen LogP) is 2.18. The highest BCUT2D eigenvalue weighted by Gasteiger charge is 2.20. The van der Waals surface area contributed by atoms with Crippen molar-refractivity contribution in [3.05, 3.63) is 23.3 Å². The fraction of sp³-hybridized carbons (Fsp3) is 0.538.